The molecule has 3 nitrogen and oxygen atoms in total. The van der Waals surface area contributed by atoms with Crippen LogP contribution in [0.1, 0.15) is 12.5 Å². The molecule has 0 aromatic carbocycles. The van der Waals surface area contributed by atoms with Gasteiger partial charge in [-0.3, -0.25) is 4.98 Å². The molecular formula is C12H17ClN2O. The quantitative estimate of drug-likeness (QED) is 0.742. The van der Waals surface area contributed by atoms with Crippen LogP contribution in [0.15, 0.2) is 18.5 Å². The first kappa shape index (κ1) is 11.7. The Morgan fingerprint density at radius 2 is 2.44 bits per heavy atom. The zero-order valence-electron chi connectivity index (χ0n) is 9.69. The van der Waals surface area contributed by atoms with E-state index in [2.05, 4.69) is 29.8 Å². The highest BCUT2D eigenvalue weighted by Crippen LogP contribution is 2.24. The third-order valence-corrected chi connectivity index (χ3v) is 3.32. The molecule has 0 aliphatic carbocycles. The largest absolute Gasteiger partial charge is 0.373 e. The van der Waals surface area contributed by atoms with E-state index in [1.807, 2.05) is 12.4 Å². The first-order valence-electron chi connectivity index (χ1n) is 5.57. The van der Waals surface area contributed by atoms with Crippen LogP contribution in [0.5, 0.6) is 0 Å². The summed E-state index contributed by atoms with van der Waals surface area (Å²) in [5.74, 6) is 0.549. The molecule has 2 unspecified atom stereocenters. The Morgan fingerprint density at radius 3 is 3.12 bits per heavy atom. The highest BCUT2D eigenvalue weighted by molar-refractivity contribution is 6.18. The van der Waals surface area contributed by atoms with Crippen molar-refractivity contribution in [2.45, 2.75) is 26.0 Å². The van der Waals surface area contributed by atoms with Gasteiger partial charge in [-0.1, -0.05) is 0 Å². The van der Waals surface area contributed by atoms with Gasteiger partial charge in [-0.2, -0.15) is 0 Å². The number of aryl methyl sites for hydroxylation is 1. The monoisotopic (exact) mass is 240 g/mol. The molecule has 1 aromatic heterocycles. The van der Waals surface area contributed by atoms with Crippen molar-refractivity contribution in [1.82, 2.24) is 4.98 Å². The smallest absolute Gasteiger partial charge is 0.0886 e. The lowest BCUT2D eigenvalue weighted by atomic mass is 10.1. The topological polar surface area (TPSA) is 25.4 Å². The summed E-state index contributed by atoms with van der Waals surface area (Å²) in [5, 5.41) is 0. The predicted octanol–water partition coefficient (Wildman–Crippen LogP) is 2.22. The third-order valence-electron chi connectivity index (χ3n) is 2.98. The fourth-order valence-corrected chi connectivity index (χ4v) is 2.22. The van der Waals surface area contributed by atoms with Gasteiger partial charge in [0, 0.05) is 30.7 Å². The van der Waals surface area contributed by atoms with Gasteiger partial charge in [-0.05, 0) is 25.5 Å². The summed E-state index contributed by atoms with van der Waals surface area (Å²) in [5.41, 5.74) is 2.44. The maximum atomic E-state index is 5.86. The molecule has 1 aliphatic heterocycles. The molecule has 88 valence electrons. The molecule has 16 heavy (non-hydrogen) atoms. The summed E-state index contributed by atoms with van der Waals surface area (Å²) in [6.07, 6.45) is 3.86. The number of hydrogen-bond acceptors (Lipinski definition) is 3. The second-order valence-electron chi connectivity index (χ2n) is 4.27. The molecule has 0 saturated carbocycles. The average Bonchev–Trinajstić information content (AvgIpc) is 2.31. The number of halogens is 1. The Hall–Kier alpha value is -0.800. The minimum Gasteiger partial charge on any atom is -0.373 e. The summed E-state index contributed by atoms with van der Waals surface area (Å²) >= 11 is 5.86. The number of ether oxygens (including phenoxy) is 1. The summed E-state index contributed by atoms with van der Waals surface area (Å²) in [4.78, 5) is 6.47. The minimum absolute atomic E-state index is 0.130. The van der Waals surface area contributed by atoms with Gasteiger partial charge in [0.1, 0.15) is 0 Å². The van der Waals surface area contributed by atoms with Crippen molar-refractivity contribution in [3.8, 4) is 0 Å². The van der Waals surface area contributed by atoms with E-state index in [1.54, 1.807) is 0 Å². The first-order valence-corrected chi connectivity index (χ1v) is 6.10. The van der Waals surface area contributed by atoms with E-state index in [9.17, 15) is 0 Å². The molecule has 1 saturated heterocycles. The first-order chi connectivity index (χ1) is 7.72. The van der Waals surface area contributed by atoms with Gasteiger partial charge in [0.15, 0.2) is 0 Å². The van der Waals surface area contributed by atoms with E-state index in [1.165, 1.54) is 11.3 Å². The summed E-state index contributed by atoms with van der Waals surface area (Å²) in [6.45, 7) is 5.85. The van der Waals surface area contributed by atoms with Gasteiger partial charge >= 0.3 is 0 Å². The van der Waals surface area contributed by atoms with Crippen molar-refractivity contribution in [2.24, 2.45) is 0 Å². The lowest BCUT2D eigenvalue weighted by Crippen LogP contribution is -2.49. The molecule has 2 rings (SSSR count). The van der Waals surface area contributed by atoms with E-state index in [0.717, 1.165) is 13.2 Å². The fourth-order valence-electron chi connectivity index (χ4n) is 2.03. The highest BCUT2D eigenvalue weighted by atomic mass is 35.5. The van der Waals surface area contributed by atoms with Crippen LogP contribution < -0.4 is 4.90 Å². The SMILES string of the molecule is Cc1cnccc1N1CC(CCl)OCC1C. The predicted molar refractivity (Wildman–Crippen MR) is 66.2 cm³/mol. The Kier molecular flexibility index (Phi) is 3.66. The van der Waals surface area contributed by atoms with Crippen molar-refractivity contribution in [3.05, 3.63) is 24.0 Å². The molecule has 0 radical (unpaired) electrons. The van der Waals surface area contributed by atoms with Crippen LogP contribution in [0.25, 0.3) is 0 Å². The summed E-state index contributed by atoms with van der Waals surface area (Å²) in [6, 6.07) is 2.45. The van der Waals surface area contributed by atoms with Crippen LogP contribution in [0.2, 0.25) is 0 Å². The number of morpholine rings is 1. The zero-order valence-corrected chi connectivity index (χ0v) is 10.4. The molecule has 4 heteroatoms. The number of anilines is 1. The molecule has 1 fully saturated rings. The van der Waals surface area contributed by atoms with Crippen LogP contribution in [0.3, 0.4) is 0 Å². The Morgan fingerprint density at radius 1 is 1.62 bits per heavy atom. The molecule has 0 N–H and O–H groups in total. The average molecular weight is 241 g/mol. The number of alkyl halides is 1. The van der Waals surface area contributed by atoms with Crippen molar-refractivity contribution in [1.29, 1.82) is 0 Å². The van der Waals surface area contributed by atoms with Gasteiger partial charge in [-0.15, -0.1) is 11.6 Å². The van der Waals surface area contributed by atoms with Gasteiger partial charge < -0.3 is 9.64 Å². The molecule has 1 aromatic rings. The van der Waals surface area contributed by atoms with E-state index in [-0.39, 0.29) is 6.10 Å². The van der Waals surface area contributed by atoms with Gasteiger partial charge in [0.05, 0.1) is 18.6 Å². The number of rotatable bonds is 2. The number of nitrogens with zero attached hydrogens (tertiary/aromatic N) is 2. The van der Waals surface area contributed by atoms with E-state index < -0.39 is 0 Å². The molecule has 2 heterocycles. The molecule has 0 spiro atoms. The van der Waals surface area contributed by atoms with Gasteiger partial charge in [0.25, 0.3) is 0 Å². The van der Waals surface area contributed by atoms with E-state index in [0.29, 0.717) is 11.9 Å². The third kappa shape index (κ3) is 2.30. The molecule has 0 amide bonds. The van der Waals surface area contributed by atoms with E-state index >= 15 is 0 Å². The second kappa shape index (κ2) is 5.02. The van der Waals surface area contributed by atoms with Gasteiger partial charge in [-0.25, -0.2) is 0 Å². The van der Waals surface area contributed by atoms with Crippen LogP contribution in [0, 0.1) is 6.92 Å². The van der Waals surface area contributed by atoms with Crippen molar-refractivity contribution in [2.75, 3.05) is 23.9 Å². The number of aromatic nitrogens is 1. The fraction of sp³-hybridized carbons (Fsp3) is 0.583. The van der Waals surface area contributed by atoms with Crippen LogP contribution in [-0.2, 0) is 4.74 Å². The minimum atomic E-state index is 0.130. The summed E-state index contributed by atoms with van der Waals surface area (Å²) in [7, 11) is 0. The van der Waals surface area contributed by atoms with E-state index in [4.69, 9.17) is 16.3 Å². The Labute approximate surface area is 101 Å². The molecule has 1 aliphatic rings. The van der Waals surface area contributed by atoms with Crippen molar-refractivity contribution >= 4 is 17.3 Å². The lowest BCUT2D eigenvalue weighted by Gasteiger charge is -2.39. The van der Waals surface area contributed by atoms with Crippen LogP contribution in [-0.4, -0.2) is 36.2 Å². The van der Waals surface area contributed by atoms with Crippen LogP contribution in [0.4, 0.5) is 5.69 Å². The summed E-state index contributed by atoms with van der Waals surface area (Å²) < 4.78 is 5.64. The van der Waals surface area contributed by atoms with Crippen LogP contribution >= 0.6 is 11.6 Å². The normalized spacial score (nSPS) is 25.8. The van der Waals surface area contributed by atoms with Crippen molar-refractivity contribution < 1.29 is 4.74 Å². The second-order valence-corrected chi connectivity index (χ2v) is 4.58. The molecule has 2 atom stereocenters. The highest BCUT2D eigenvalue weighted by Gasteiger charge is 2.26. The lowest BCUT2D eigenvalue weighted by molar-refractivity contribution is 0.0364. The maximum absolute atomic E-state index is 5.86. The van der Waals surface area contributed by atoms with Crippen molar-refractivity contribution in [3.63, 3.8) is 0 Å². The number of pyridine rings is 1. The zero-order chi connectivity index (χ0) is 11.5. The maximum Gasteiger partial charge on any atom is 0.0886 e. The molecule has 0 bridgehead atoms. The Bertz CT molecular complexity index is 359. The standard InChI is InChI=1S/C12H17ClN2O/c1-9-6-14-4-3-12(9)15-7-11(5-13)16-8-10(15)2/h3-4,6,10-11H,5,7-8H2,1-2H3. The number of hydrogen-bond donors (Lipinski definition) is 0. The Balaban J connectivity index is 2.21. The van der Waals surface area contributed by atoms with Gasteiger partial charge in [0.2, 0.25) is 0 Å². The molecular weight excluding hydrogens is 224 g/mol.